The van der Waals surface area contributed by atoms with E-state index in [0.29, 0.717) is 0 Å². The zero-order valence-electron chi connectivity index (χ0n) is 11.1. The number of nitrogens with one attached hydrogen (secondary N) is 1. The quantitative estimate of drug-likeness (QED) is 0.797. The summed E-state index contributed by atoms with van der Waals surface area (Å²) < 4.78 is 1.80. The number of aryl methyl sites for hydroxylation is 3. The summed E-state index contributed by atoms with van der Waals surface area (Å²) >= 11 is 1.64. The minimum atomic E-state index is 0.828. The molecule has 0 bridgehead atoms. The molecule has 0 atom stereocenters. The molecule has 6 heteroatoms. The normalized spacial score (nSPS) is 11.1. The third kappa shape index (κ3) is 2.19. The van der Waals surface area contributed by atoms with Crippen LogP contribution in [0.4, 0.5) is 11.5 Å². The highest BCUT2D eigenvalue weighted by Gasteiger charge is 2.10. The van der Waals surface area contributed by atoms with E-state index >= 15 is 0 Å². The number of rotatable bonds is 3. The Balaban J connectivity index is 2.08. The van der Waals surface area contributed by atoms with E-state index in [2.05, 4.69) is 27.3 Å². The van der Waals surface area contributed by atoms with Crippen molar-refractivity contribution in [1.29, 1.82) is 0 Å². The Morgan fingerprint density at radius 1 is 1.37 bits per heavy atom. The fourth-order valence-corrected chi connectivity index (χ4v) is 2.79. The average molecular weight is 273 g/mol. The van der Waals surface area contributed by atoms with E-state index in [1.54, 1.807) is 16.0 Å². The first kappa shape index (κ1) is 12.1. The molecular formula is C13H15N5S. The van der Waals surface area contributed by atoms with Crippen LogP contribution in [0, 0.1) is 6.92 Å². The summed E-state index contributed by atoms with van der Waals surface area (Å²) in [6.45, 7) is 4.04. The first-order valence-corrected chi connectivity index (χ1v) is 7.06. The van der Waals surface area contributed by atoms with Crippen molar-refractivity contribution in [2.75, 3.05) is 5.32 Å². The summed E-state index contributed by atoms with van der Waals surface area (Å²) in [6.07, 6.45) is 2.79. The molecule has 0 unspecified atom stereocenters. The van der Waals surface area contributed by atoms with Crippen molar-refractivity contribution >= 4 is 33.1 Å². The number of thiophene rings is 1. The number of nitrogens with zero attached hydrogens (tertiary/aromatic N) is 4. The predicted octanol–water partition coefficient (Wildman–Crippen LogP) is 3.04. The van der Waals surface area contributed by atoms with Gasteiger partial charge in [-0.1, -0.05) is 6.92 Å². The van der Waals surface area contributed by atoms with Crippen molar-refractivity contribution in [1.82, 2.24) is 19.7 Å². The maximum Gasteiger partial charge on any atom is 0.143 e. The van der Waals surface area contributed by atoms with Crippen LogP contribution in [-0.2, 0) is 13.5 Å². The minimum Gasteiger partial charge on any atom is -0.337 e. The van der Waals surface area contributed by atoms with E-state index in [-0.39, 0.29) is 0 Å². The van der Waals surface area contributed by atoms with Gasteiger partial charge in [-0.15, -0.1) is 11.3 Å². The first-order chi connectivity index (χ1) is 9.17. The van der Waals surface area contributed by atoms with E-state index in [0.717, 1.165) is 39.7 Å². The van der Waals surface area contributed by atoms with Crippen LogP contribution in [0.5, 0.6) is 0 Å². The number of anilines is 2. The summed E-state index contributed by atoms with van der Waals surface area (Å²) in [5.41, 5.74) is 1.94. The SMILES string of the molecule is CCc1nc(Nc2cn(C)nc2C)c2ccsc2n1. The fraction of sp³-hybridized carbons (Fsp3) is 0.308. The third-order valence-electron chi connectivity index (χ3n) is 2.95. The molecule has 3 heterocycles. The van der Waals surface area contributed by atoms with Gasteiger partial charge in [0, 0.05) is 19.7 Å². The number of hydrogen-bond donors (Lipinski definition) is 1. The Morgan fingerprint density at radius 2 is 2.21 bits per heavy atom. The van der Waals surface area contributed by atoms with E-state index in [4.69, 9.17) is 0 Å². The van der Waals surface area contributed by atoms with Crippen molar-refractivity contribution in [3.8, 4) is 0 Å². The van der Waals surface area contributed by atoms with E-state index in [1.165, 1.54) is 0 Å². The van der Waals surface area contributed by atoms with Crippen LogP contribution in [0.25, 0.3) is 10.2 Å². The summed E-state index contributed by atoms with van der Waals surface area (Å²) in [7, 11) is 1.91. The van der Waals surface area contributed by atoms with Crippen LogP contribution in [0.1, 0.15) is 18.4 Å². The van der Waals surface area contributed by atoms with Gasteiger partial charge in [0.1, 0.15) is 16.5 Å². The molecule has 0 aliphatic heterocycles. The van der Waals surface area contributed by atoms with Gasteiger partial charge in [0.25, 0.3) is 0 Å². The Morgan fingerprint density at radius 3 is 2.89 bits per heavy atom. The highest BCUT2D eigenvalue weighted by Crippen LogP contribution is 2.28. The molecule has 3 rings (SSSR count). The lowest BCUT2D eigenvalue weighted by molar-refractivity contribution is 0.756. The zero-order valence-corrected chi connectivity index (χ0v) is 12.0. The van der Waals surface area contributed by atoms with E-state index < -0.39 is 0 Å². The van der Waals surface area contributed by atoms with Crippen LogP contribution < -0.4 is 5.32 Å². The molecule has 0 saturated carbocycles. The number of aromatic nitrogens is 4. The first-order valence-electron chi connectivity index (χ1n) is 6.18. The second kappa shape index (κ2) is 4.62. The van der Waals surface area contributed by atoms with Crippen LogP contribution in [0.3, 0.4) is 0 Å². The van der Waals surface area contributed by atoms with Gasteiger partial charge in [-0.05, 0) is 18.4 Å². The smallest absolute Gasteiger partial charge is 0.143 e. The standard InChI is InChI=1S/C13H15N5S/c1-4-11-15-12(9-5-6-19-13(9)16-11)14-10-7-18(3)17-8(10)2/h5-7H,4H2,1-3H3,(H,14,15,16). The Kier molecular flexibility index (Phi) is 2.94. The Hall–Kier alpha value is -1.95. The van der Waals surface area contributed by atoms with Gasteiger partial charge in [-0.2, -0.15) is 5.10 Å². The van der Waals surface area contributed by atoms with Crippen LogP contribution in [0.2, 0.25) is 0 Å². The topological polar surface area (TPSA) is 55.6 Å². The van der Waals surface area contributed by atoms with Crippen molar-refractivity contribution in [2.24, 2.45) is 7.05 Å². The summed E-state index contributed by atoms with van der Waals surface area (Å²) in [4.78, 5) is 10.1. The van der Waals surface area contributed by atoms with Gasteiger partial charge < -0.3 is 5.32 Å². The zero-order chi connectivity index (χ0) is 13.4. The van der Waals surface area contributed by atoms with E-state index in [9.17, 15) is 0 Å². The van der Waals surface area contributed by atoms with Gasteiger partial charge in [0.2, 0.25) is 0 Å². The molecule has 3 aromatic rings. The van der Waals surface area contributed by atoms with Gasteiger partial charge in [0.15, 0.2) is 0 Å². The molecule has 19 heavy (non-hydrogen) atoms. The summed E-state index contributed by atoms with van der Waals surface area (Å²) in [5.74, 6) is 1.72. The molecule has 0 spiro atoms. The molecular weight excluding hydrogens is 258 g/mol. The molecule has 98 valence electrons. The third-order valence-corrected chi connectivity index (χ3v) is 3.76. The van der Waals surface area contributed by atoms with Crippen LogP contribution >= 0.6 is 11.3 Å². The molecule has 0 aromatic carbocycles. The number of hydrogen-bond acceptors (Lipinski definition) is 5. The Labute approximate surface area is 115 Å². The van der Waals surface area contributed by atoms with Crippen molar-refractivity contribution < 1.29 is 0 Å². The molecule has 0 saturated heterocycles. The Bertz CT molecular complexity index is 728. The fourth-order valence-electron chi connectivity index (χ4n) is 2.00. The summed E-state index contributed by atoms with van der Waals surface area (Å²) in [5, 5.41) is 10.8. The molecule has 5 nitrogen and oxygen atoms in total. The lowest BCUT2D eigenvalue weighted by Gasteiger charge is -2.07. The second-order valence-electron chi connectivity index (χ2n) is 4.41. The number of fused-ring (bicyclic) bond motifs is 1. The van der Waals surface area contributed by atoms with Crippen LogP contribution in [-0.4, -0.2) is 19.7 Å². The lowest BCUT2D eigenvalue weighted by Crippen LogP contribution is -2.00. The minimum absolute atomic E-state index is 0.828. The second-order valence-corrected chi connectivity index (χ2v) is 5.30. The maximum atomic E-state index is 4.58. The molecule has 0 fully saturated rings. The highest BCUT2D eigenvalue weighted by atomic mass is 32.1. The van der Waals surface area contributed by atoms with Gasteiger partial charge in [-0.25, -0.2) is 9.97 Å². The average Bonchev–Trinajstić information content (AvgIpc) is 2.96. The molecule has 3 aromatic heterocycles. The van der Waals surface area contributed by atoms with Gasteiger partial charge in [0.05, 0.1) is 16.8 Å². The molecule has 0 radical (unpaired) electrons. The molecule has 0 aliphatic carbocycles. The van der Waals surface area contributed by atoms with Gasteiger partial charge >= 0.3 is 0 Å². The molecule has 0 amide bonds. The maximum absolute atomic E-state index is 4.58. The predicted molar refractivity (Wildman–Crippen MR) is 78.0 cm³/mol. The summed E-state index contributed by atoms with van der Waals surface area (Å²) in [6, 6.07) is 2.05. The van der Waals surface area contributed by atoms with Gasteiger partial charge in [-0.3, -0.25) is 4.68 Å². The molecule has 0 aliphatic rings. The monoisotopic (exact) mass is 273 g/mol. The lowest BCUT2D eigenvalue weighted by atomic mass is 10.3. The molecule has 1 N–H and O–H groups in total. The van der Waals surface area contributed by atoms with Crippen molar-refractivity contribution in [3.63, 3.8) is 0 Å². The van der Waals surface area contributed by atoms with Crippen LogP contribution in [0.15, 0.2) is 17.6 Å². The highest BCUT2D eigenvalue weighted by molar-refractivity contribution is 7.16. The van der Waals surface area contributed by atoms with Crippen molar-refractivity contribution in [2.45, 2.75) is 20.3 Å². The van der Waals surface area contributed by atoms with Crippen molar-refractivity contribution in [3.05, 3.63) is 29.2 Å². The largest absolute Gasteiger partial charge is 0.337 e. The van der Waals surface area contributed by atoms with E-state index in [1.807, 2.05) is 31.6 Å².